The van der Waals surface area contributed by atoms with E-state index < -0.39 is 0 Å². The first kappa shape index (κ1) is 17.1. The zero-order valence-corrected chi connectivity index (χ0v) is 13.9. The van der Waals surface area contributed by atoms with Crippen molar-refractivity contribution in [1.82, 2.24) is 10.2 Å². The monoisotopic (exact) mass is 316 g/mol. The second-order valence-electron chi connectivity index (χ2n) is 5.59. The Labute approximate surface area is 137 Å². The maximum absolute atomic E-state index is 12.0. The number of hydrogen-bond acceptors (Lipinski definition) is 4. The summed E-state index contributed by atoms with van der Waals surface area (Å²) >= 11 is 0. The summed E-state index contributed by atoms with van der Waals surface area (Å²) in [5.41, 5.74) is 1.24. The SMILES string of the molecule is CCc1ccc(OCC(=O)NCC(c2ccco2)N(C)C)cc1. The molecule has 0 saturated heterocycles. The number of aryl methyl sites for hydroxylation is 1. The van der Waals surface area contributed by atoms with Gasteiger partial charge >= 0.3 is 0 Å². The van der Waals surface area contributed by atoms with Gasteiger partial charge in [0.25, 0.3) is 5.91 Å². The number of furan rings is 1. The highest BCUT2D eigenvalue weighted by molar-refractivity contribution is 5.77. The summed E-state index contributed by atoms with van der Waals surface area (Å²) in [6.45, 7) is 2.57. The molecule has 0 saturated carbocycles. The number of amides is 1. The molecule has 1 aromatic carbocycles. The molecule has 1 amide bonds. The van der Waals surface area contributed by atoms with Crippen molar-refractivity contribution >= 4 is 5.91 Å². The second-order valence-corrected chi connectivity index (χ2v) is 5.59. The van der Waals surface area contributed by atoms with Crippen molar-refractivity contribution in [3.05, 3.63) is 54.0 Å². The molecule has 1 aromatic heterocycles. The number of hydrogen-bond donors (Lipinski definition) is 1. The Balaban J connectivity index is 1.79. The summed E-state index contributed by atoms with van der Waals surface area (Å²) in [7, 11) is 3.90. The lowest BCUT2D eigenvalue weighted by Gasteiger charge is -2.22. The van der Waals surface area contributed by atoms with Crippen molar-refractivity contribution in [3.8, 4) is 5.75 Å². The van der Waals surface area contributed by atoms with E-state index in [4.69, 9.17) is 9.15 Å². The first-order valence-corrected chi connectivity index (χ1v) is 7.78. The van der Waals surface area contributed by atoms with Crippen molar-refractivity contribution in [1.29, 1.82) is 0 Å². The maximum Gasteiger partial charge on any atom is 0.258 e. The Bertz CT molecular complexity index is 591. The minimum atomic E-state index is -0.150. The Kier molecular flexibility index (Phi) is 6.23. The third kappa shape index (κ3) is 5.14. The highest BCUT2D eigenvalue weighted by atomic mass is 16.5. The molecule has 124 valence electrons. The third-order valence-electron chi connectivity index (χ3n) is 3.69. The molecule has 5 nitrogen and oxygen atoms in total. The molecule has 1 atom stereocenters. The molecule has 5 heteroatoms. The van der Waals surface area contributed by atoms with Crippen molar-refractivity contribution in [2.45, 2.75) is 19.4 Å². The normalized spacial score (nSPS) is 12.2. The van der Waals surface area contributed by atoms with Gasteiger partial charge in [-0.2, -0.15) is 0 Å². The molecule has 1 unspecified atom stereocenters. The van der Waals surface area contributed by atoms with Crippen LogP contribution in [0.15, 0.2) is 47.1 Å². The van der Waals surface area contributed by atoms with Gasteiger partial charge in [0, 0.05) is 6.54 Å². The Morgan fingerprint density at radius 2 is 2.00 bits per heavy atom. The van der Waals surface area contributed by atoms with E-state index in [1.807, 2.05) is 55.4 Å². The van der Waals surface area contributed by atoms with Gasteiger partial charge in [-0.3, -0.25) is 9.69 Å². The first-order chi connectivity index (χ1) is 11.1. The quantitative estimate of drug-likeness (QED) is 0.813. The van der Waals surface area contributed by atoms with Crippen LogP contribution in [0.2, 0.25) is 0 Å². The van der Waals surface area contributed by atoms with Crippen LogP contribution in [0.3, 0.4) is 0 Å². The Morgan fingerprint density at radius 1 is 1.26 bits per heavy atom. The second kappa shape index (κ2) is 8.39. The fourth-order valence-electron chi connectivity index (χ4n) is 2.25. The maximum atomic E-state index is 12.0. The molecule has 0 aliphatic heterocycles. The van der Waals surface area contributed by atoms with Crippen LogP contribution in [0.1, 0.15) is 24.3 Å². The number of carbonyl (C=O) groups is 1. The van der Waals surface area contributed by atoms with Gasteiger partial charge in [0.2, 0.25) is 0 Å². The molecule has 0 aliphatic carbocycles. The predicted molar refractivity (Wildman–Crippen MR) is 89.5 cm³/mol. The van der Waals surface area contributed by atoms with E-state index in [1.54, 1.807) is 6.26 Å². The van der Waals surface area contributed by atoms with Gasteiger partial charge in [-0.1, -0.05) is 19.1 Å². The molecular weight excluding hydrogens is 292 g/mol. The van der Waals surface area contributed by atoms with E-state index in [2.05, 4.69) is 12.2 Å². The smallest absolute Gasteiger partial charge is 0.258 e. The molecule has 0 fully saturated rings. The van der Waals surface area contributed by atoms with Crippen LogP contribution in [0.4, 0.5) is 0 Å². The molecule has 0 bridgehead atoms. The molecule has 0 spiro atoms. The standard InChI is InChI=1S/C18H24N2O3/c1-4-14-7-9-15(10-8-14)23-13-18(21)19-12-16(20(2)3)17-6-5-11-22-17/h5-11,16H,4,12-13H2,1-3H3,(H,19,21). The summed E-state index contributed by atoms with van der Waals surface area (Å²) in [6.07, 6.45) is 2.62. The average Bonchev–Trinajstić information content (AvgIpc) is 3.07. The molecule has 23 heavy (non-hydrogen) atoms. The zero-order chi connectivity index (χ0) is 16.7. The van der Waals surface area contributed by atoms with Crippen molar-refractivity contribution < 1.29 is 13.9 Å². The number of nitrogens with zero attached hydrogens (tertiary/aromatic N) is 1. The summed E-state index contributed by atoms with van der Waals surface area (Å²) in [6, 6.07) is 11.5. The molecule has 0 aliphatic rings. The molecule has 1 heterocycles. The van der Waals surface area contributed by atoms with Gasteiger partial charge in [-0.25, -0.2) is 0 Å². The summed E-state index contributed by atoms with van der Waals surface area (Å²) in [5.74, 6) is 1.38. The van der Waals surface area contributed by atoms with Crippen LogP contribution in [-0.4, -0.2) is 38.1 Å². The van der Waals surface area contributed by atoms with Crippen LogP contribution < -0.4 is 10.1 Å². The fourth-order valence-corrected chi connectivity index (χ4v) is 2.25. The number of nitrogens with one attached hydrogen (secondary N) is 1. The topological polar surface area (TPSA) is 54.7 Å². The van der Waals surface area contributed by atoms with E-state index in [1.165, 1.54) is 5.56 Å². The highest BCUT2D eigenvalue weighted by Crippen LogP contribution is 2.17. The van der Waals surface area contributed by atoms with Crippen molar-refractivity contribution in [2.75, 3.05) is 27.2 Å². The van der Waals surface area contributed by atoms with Crippen LogP contribution in [0.25, 0.3) is 0 Å². The van der Waals surface area contributed by atoms with Crippen LogP contribution in [0, 0.1) is 0 Å². The predicted octanol–water partition coefficient (Wildman–Crippen LogP) is 2.64. The zero-order valence-electron chi connectivity index (χ0n) is 13.9. The highest BCUT2D eigenvalue weighted by Gasteiger charge is 2.17. The lowest BCUT2D eigenvalue weighted by Crippen LogP contribution is -2.36. The summed E-state index contributed by atoms with van der Waals surface area (Å²) in [4.78, 5) is 14.0. The van der Waals surface area contributed by atoms with Gasteiger partial charge in [0.15, 0.2) is 6.61 Å². The van der Waals surface area contributed by atoms with Gasteiger partial charge in [-0.05, 0) is 50.3 Å². The number of benzene rings is 1. The lowest BCUT2D eigenvalue weighted by molar-refractivity contribution is -0.123. The van der Waals surface area contributed by atoms with Gasteiger partial charge in [-0.15, -0.1) is 0 Å². The molecule has 2 aromatic rings. The Hall–Kier alpha value is -2.27. The first-order valence-electron chi connectivity index (χ1n) is 7.78. The summed E-state index contributed by atoms with van der Waals surface area (Å²) in [5, 5.41) is 2.88. The number of ether oxygens (including phenoxy) is 1. The number of carbonyl (C=O) groups excluding carboxylic acids is 1. The van der Waals surface area contributed by atoms with Gasteiger partial charge in [0.1, 0.15) is 11.5 Å². The largest absolute Gasteiger partial charge is 0.484 e. The minimum absolute atomic E-state index is 0.00205. The van der Waals surface area contributed by atoms with Gasteiger partial charge in [0.05, 0.1) is 12.3 Å². The van der Waals surface area contributed by atoms with E-state index in [-0.39, 0.29) is 18.6 Å². The number of rotatable bonds is 8. The Morgan fingerprint density at radius 3 is 2.57 bits per heavy atom. The molecule has 2 rings (SSSR count). The average molecular weight is 316 g/mol. The van der Waals surface area contributed by atoms with E-state index in [0.717, 1.165) is 12.2 Å². The van der Waals surface area contributed by atoms with Crippen molar-refractivity contribution in [2.24, 2.45) is 0 Å². The third-order valence-corrected chi connectivity index (χ3v) is 3.69. The van der Waals surface area contributed by atoms with E-state index in [0.29, 0.717) is 12.3 Å². The molecular formula is C18H24N2O3. The summed E-state index contributed by atoms with van der Waals surface area (Å²) < 4.78 is 10.9. The number of likely N-dealkylation sites (N-methyl/N-ethyl adjacent to an activating group) is 1. The van der Waals surface area contributed by atoms with Gasteiger partial charge < -0.3 is 14.5 Å². The fraction of sp³-hybridized carbons (Fsp3) is 0.389. The van der Waals surface area contributed by atoms with E-state index in [9.17, 15) is 4.79 Å². The minimum Gasteiger partial charge on any atom is -0.484 e. The lowest BCUT2D eigenvalue weighted by atomic mass is 10.2. The molecule has 0 radical (unpaired) electrons. The van der Waals surface area contributed by atoms with Crippen LogP contribution in [-0.2, 0) is 11.2 Å². The molecule has 1 N–H and O–H groups in total. The van der Waals surface area contributed by atoms with E-state index >= 15 is 0 Å². The van der Waals surface area contributed by atoms with Crippen molar-refractivity contribution in [3.63, 3.8) is 0 Å². The van der Waals surface area contributed by atoms with Crippen LogP contribution >= 0.6 is 0 Å². The van der Waals surface area contributed by atoms with Crippen LogP contribution in [0.5, 0.6) is 5.75 Å².